The minimum absolute atomic E-state index is 0.231. The molecule has 17 heavy (non-hydrogen) atoms. The smallest absolute Gasteiger partial charge is 0.134 e. The maximum absolute atomic E-state index is 8.86. The van der Waals surface area contributed by atoms with E-state index in [9.17, 15) is 0 Å². The summed E-state index contributed by atoms with van der Waals surface area (Å²) in [5.74, 6) is 0.756. The third-order valence-electron chi connectivity index (χ3n) is 2.19. The van der Waals surface area contributed by atoms with Gasteiger partial charge in [-0.15, -0.1) is 0 Å². The molecule has 0 unspecified atom stereocenters. The highest BCUT2D eigenvalue weighted by Crippen LogP contribution is 2.13. The van der Waals surface area contributed by atoms with Crippen LogP contribution in [0.1, 0.15) is 25.8 Å². The SMILES string of the molecule is CCCOc1ccc(C(=NO)C(C)=NO)cc1. The van der Waals surface area contributed by atoms with E-state index in [-0.39, 0.29) is 11.4 Å². The Bertz CT molecular complexity index is 410. The number of benzene rings is 1. The minimum Gasteiger partial charge on any atom is -0.494 e. The van der Waals surface area contributed by atoms with Crippen molar-refractivity contribution in [3.05, 3.63) is 29.8 Å². The first kappa shape index (κ1) is 13.0. The van der Waals surface area contributed by atoms with Crippen LogP contribution >= 0.6 is 0 Å². The van der Waals surface area contributed by atoms with Crippen LogP contribution in [0.3, 0.4) is 0 Å². The first-order valence-electron chi connectivity index (χ1n) is 5.37. The molecule has 92 valence electrons. The number of hydrogen-bond donors (Lipinski definition) is 2. The van der Waals surface area contributed by atoms with Gasteiger partial charge in [0, 0.05) is 5.56 Å². The lowest BCUT2D eigenvalue weighted by molar-refractivity contribution is 0.314. The standard InChI is InChI=1S/C12H16N2O3/c1-3-8-17-11-6-4-10(5-7-11)12(14-16)9(2)13-15/h4-7,15-16H,3,8H2,1-2H3. The van der Waals surface area contributed by atoms with E-state index in [0.717, 1.165) is 12.2 Å². The van der Waals surface area contributed by atoms with Crippen LogP contribution in [0.5, 0.6) is 5.75 Å². The zero-order chi connectivity index (χ0) is 12.7. The lowest BCUT2D eigenvalue weighted by atomic mass is 10.1. The summed E-state index contributed by atoms with van der Waals surface area (Å²) in [6.45, 7) is 4.25. The van der Waals surface area contributed by atoms with E-state index in [1.165, 1.54) is 0 Å². The minimum atomic E-state index is 0.231. The summed E-state index contributed by atoms with van der Waals surface area (Å²) in [6.07, 6.45) is 0.946. The van der Waals surface area contributed by atoms with Crippen molar-refractivity contribution in [2.75, 3.05) is 6.61 Å². The van der Waals surface area contributed by atoms with E-state index < -0.39 is 0 Å². The van der Waals surface area contributed by atoms with E-state index >= 15 is 0 Å². The highest BCUT2D eigenvalue weighted by atomic mass is 16.5. The maximum atomic E-state index is 8.86. The maximum Gasteiger partial charge on any atom is 0.134 e. The molecule has 0 aliphatic carbocycles. The molecule has 0 saturated carbocycles. The van der Waals surface area contributed by atoms with E-state index in [1.807, 2.05) is 6.92 Å². The van der Waals surface area contributed by atoms with Crippen molar-refractivity contribution >= 4 is 11.4 Å². The summed E-state index contributed by atoms with van der Waals surface area (Å²) in [4.78, 5) is 0. The Labute approximate surface area is 100 Å². The quantitative estimate of drug-likeness (QED) is 0.468. The van der Waals surface area contributed by atoms with Gasteiger partial charge < -0.3 is 15.2 Å². The van der Waals surface area contributed by atoms with Crippen molar-refractivity contribution in [3.8, 4) is 5.75 Å². The third-order valence-corrected chi connectivity index (χ3v) is 2.19. The molecule has 0 fully saturated rings. The van der Waals surface area contributed by atoms with Crippen LogP contribution < -0.4 is 4.74 Å². The molecule has 0 atom stereocenters. The normalized spacial score (nSPS) is 12.6. The molecule has 0 bridgehead atoms. The molecule has 5 heteroatoms. The number of nitrogens with zero attached hydrogens (tertiary/aromatic N) is 2. The predicted molar refractivity (Wildman–Crippen MR) is 65.4 cm³/mol. The van der Waals surface area contributed by atoms with Crippen LogP contribution in [0, 0.1) is 0 Å². The molecule has 0 aliphatic heterocycles. The van der Waals surface area contributed by atoms with Gasteiger partial charge in [0.25, 0.3) is 0 Å². The first-order chi connectivity index (χ1) is 8.22. The number of oxime groups is 2. The van der Waals surface area contributed by atoms with Crippen LogP contribution in [0.15, 0.2) is 34.6 Å². The second kappa shape index (κ2) is 6.52. The van der Waals surface area contributed by atoms with Crippen LogP contribution in [0.25, 0.3) is 0 Å². The molecule has 0 amide bonds. The van der Waals surface area contributed by atoms with Crippen molar-refractivity contribution in [1.82, 2.24) is 0 Å². The van der Waals surface area contributed by atoms with Crippen molar-refractivity contribution in [2.24, 2.45) is 10.3 Å². The Morgan fingerprint density at radius 1 is 1.18 bits per heavy atom. The van der Waals surface area contributed by atoms with Crippen LogP contribution in [-0.4, -0.2) is 28.4 Å². The molecule has 0 radical (unpaired) electrons. The van der Waals surface area contributed by atoms with Crippen LogP contribution in [-0.2, 0) is 0 Å². The molecule has 1 aromatic rings. The molecule has 1 aromatic carbocycles. The average Bonchev–Trinajstić information content (AvgIpc) is 2.38. The molecular formula is C12H16N2O3. The molecule has 2 N–H and O–H groups in total. The van der Waals surface area contributed by atoms with Gasteiger partial charge in [0.1, 0.15) is 17.2 Å². The fraction of sp³-hybridized carbons (Fsp3) is 0.333. The van der Waals surface area contributed by atoms with Gasteiger partial charge in [0.15, 0.2) is 0 Å². The number of ether oxygens (including phenoxy) is 1. The van der Waals surface area contributed by atoms with Gasteiger partial charge in [-0.25, -0.2) is 0 Å². The van der Waals surface area contributed by atoms with Crippen molar-refractivity contribution < 1.29 is 15.2 Å². The van der Waals surface area contributed by atoms with Gasteiger partial charge in [-0.2, -0.15) is 0 Å². The monoisotopic (exact) mass is 236 g/mol. The summed E-state index contributed by atoms with van der Waals surface area (Å²) in [6, 6.07) is 7.05. The van der Waals surface area contributed by atoms with Gasteiger partial charge in [0.05, 0.1) is 6.61 Å². The van der Waals surface area contributed by atoms with Crippen molar-refractivity contribution in [1.29, 1.82) is 0 Å². The van der Waals surface area contributed by atoms with Crippen molar-refractivity contribution in [3.63, 3.8) is 0 Å². The van der Waals surface area contributed by atoms with Crippen LogP contribution in [0.4, 0.5) is 0 Å². The molecule has 0 aliphatic rings. The fourth-order valence-corrected chi connectivity index (χ4v) is 1.32. The number of rotatable bonds is 5. The molecule has 1 rings (SSSR count). The molecule has 0 spiro atoms. The van der Waals surface area contributed by atoms with Gasteiger partial charge >= 0.3 is 0 Å². The summed E-state index contributed by atoms with van der Waals surface area (Å²) in [5.41, 5.74) is 1.14. The van der Waals surface area contributed by atoms with Crippen LogP contribution in [0.2, 0.25) is 0 Å². The lowest BCUT2D eigenvalue weighted by Crippen LogP contribution is -2.12. The predicted octanol–water partition coefficient (Wildman–Crippen LogP) is 2.50. The summed E-state index contributed by atoms with van der Waals surface area (Å²) < 4.78 is 5.43. The third kappa shape index (κ3) is 3.48. The highest BCUT2D eigenvalue weighted by molar-refractivity contribution is 6.47. The number of hydrogen-bond acceptors (Lipinski definition) is 5. The largest absolute Gasteiger partial charge is 0.494 e. The van der Waals surface area contributed by atoms with E-state index in [1.54, 1.807) is 31.2 Å². The zero-order valence-electron chi connectivity index (χ0n) is 9.92. The van der Waals surface area contributed by atoms with Gasteiger partial charge in [-0.1, -0.05) is 17.2 Å². The second-order valence-electron chi connectivity index (χ2n) is 3.51. The molecule has 0 saturated heterocycles. The first-order valence-corrected chi connectivity index (χ1v) is 5.37. The Hall–Kier alpha value is -2.04. The summed E-state index contributed by atoms with van der Waals surface area (Å²) >= 11 is 0. The Balaban J connectivity index is 2.86. The van der Waals surface area contributed by atoms with Gasteiger partial charge in [-0.05, 0) is 37.6 Å². The highest BCUT2D eigenvalue weighted by Gasteiger charge is 2.08. The van der Waals surface area contributed by atoms with E-state index in [0.29, 0.717) is 12.2 Å². The molecule has 0 aromatic heterocycles. The summed E-state index contributed by atoms with van der Waals surface area (Å²) in [7, 11) is 0. The molecule has 5 nitrogen and oxygen atoms in total. The topological polar surface area (TPSA) is 74.4 Å². The molecular weight excluding hydrogens is 220 g/mol. The van der Waals surface area contributed by atoms with Gasteiger partial charge in [0.2, 0.25) is 0 Å². The van der Waals surface area contributed by atoms with Gasteiger partial charge in [-0.3, -0.25) is 0 Å². The van der Waals surface area contributed by atoms with Crippen molar-refractivity contribution in [2.45, 2.75) is 20.3 Å². The summed E-state index contributed by atoms with van der Waals surface area (Å²) in [5, 5.41) is 23.6. The second-order valence-corrected chi connectivity index (χ2v) is 3.51. The Morgan fingerprint density at radius 2 is 1.82 bits per heavy atom. The zero-order valence-corrected chi connectivity index (χ0v) is 9.92. The Morgan fingerprint density at radius 3 is 2.29 bits per heavy atom. The lowest BCUT2D eigenvalue weighted by Gasteiger charge is -2.06. The van der Waals surface area contributed by atoms with E-state index in [2.05, 4.69) is 10.3 Å². The Kier molecular flexibility index (Phi) is 5.00. The fourth-order valence-electron chi connectivity index (χ4n) is 1.32. The van der Waals surface area contributed by atoms with E-state index in [4.69, 9.17) is 15.2 Å². The average molecular weight is 236 g/mol. The molecule has 0 heterocycles.